The van der Waals surface area contributed by atoms with Crippen LogP contribution in [0.15, 0.2) is 35.9 Å². The summed E-state index contributed by atoms with van der Waals surface area (Å²) in [5.74, 6) is 0.143. The number of benzene rings is 1. The Kier molecular flexibility index (Phi) is 3.79. The van der Waals surface area contributed by atoms with Crippen LogP contribution >= 0.6 is 0 Å². The van der Waals surface area contributed by atoms with Gasteiger partial charge in [-0.25, -0.2) is 0 Å². The number of likely N-dealkylation sites (N-methyl/N-ethyl adjacent to an activating group) is 1. The Balaban J connectivity index is 2.17. The van der Waals surface area contributed by atoms with Gasteiger partial charge in [0.15, 0.2) is 0 Å². The first-order valence-corrected chi connectivity index (χ1v) is 6.93. The minimum absolute atomic E-state index is 0.143. The van der Waals surface area contributed by atoms with Crippen LogP contribution in [-0.4, -0.2) is 13.0 Å². The van der Waals surface area contributed by atoms with Gasteiger partial charge in [-0.2, -0.15) is 0 Å². The smallest absolute Gasteiger partial charge is 0.253 e. The summed E-state index contributed by atoms with van der Waals surface area (Å²) >= 11 is 0. The molecule has 1 aromatic rings. The van der Waals surface area contributed by atoms with Gasteiger partial charge in [0.25, 0.3) is 5.91 Å². The largest absolute Gasteiger partial charge is 0.311 e. The average molecular weight is 257 g/mol. The molecule has 0 saturated heterocycles. The highest BCUT2D eigenvalue weighted by Crippen LogP contribution is 2.35. The molecule has 2 heteroatoms. The zero-order valence-corrected chi connectivity index (χ0v) is 12.4. The topological polar surface area (TPSA) is 20.3 Å². The third kappa shape index (κ3) is 3.06. The second kappa shape index (κ2) is 5.20. The van der Waals surface area contributed by atoms with Gasteiger partial charge in [0.2, 0.25) is 0 Å². The molecule has 0 aliphatic heterocycles. The Morgan fingerprint density at radius 1 is 1.26 bits per heavy atom. The highest BCUT2D eigenvalue weighted by atomic mass is 16.2. The summed E-state index contributed by atoms with van der Waals surface area (Å²) in [6, 6.07) is 8.02. The molecule has 1 aliphatic carbocycles. The third-order valence-corrected chi connectivity index (χ3v) is 4.03. The summed E-state index contributed by atoms with van der Waals surface area (Å²) in [5, 5.41) is 0. The van der Waals surface area contributed by atoms with Crippen LogP contribution < -0.4 is 4.90 Å². The second-order valence-corrected chi connectivity index (χ2v) is 6.25. The fraction of sp³-hybridized carbons (Fsp3) is 0.471. The fourth-order valence-electron chi connectivity index (χ4n) is 2.54. The molecule has 0 saturated carbocycles. The van der Waals surface area contributed by atoms with Crippen molar-refractivity contribution in [2.45, 2.75) is 40.0 Å². The number of allylic oxidation sites excluding steroid dienone is 1. The number of carbonyl (C=O) groups is 1. The van der Waals surface area contributed by atoms with Crippen LogP contribution in [0.5, 0.6) is 0 Å². The van der Waals surface area contributed by atoms with Crippen molar-refractivity contribution in [3.8, 4) is 0 Å². The van der Waals surface area contributed by atoms with E-state index in [2.05, 4.69) is 19.9 Å². The molecule has 0 unspecified atom stereocenters. The highest BCUT2D eigenvalue weighted by Gasteiger charge is 2.26. The lowest BCUT2D eigenvalue weighted by atomic mass is 9.78. The van der Waals surface area contributed by atoms with Gasteiger partial charge in [-0.15, -0.1) is 0 Å². The molecule has 1 amide bonds. The quantitative estimate of drug-likeness (QED) is 0.781. The third-order valence-electron chi connectivity index (χ3n) is 4.03. The molecule has 0 fully saturated rings. The predicted octanol–water partition coefficient (Wildman–Crippen LogP) is 4.09. The molecule has 0 atom stereocenters. The van der Waals surface area contributed by atoms with Gasteiger partial charge < -0.3 is 4.90 Å². The molecule has 0 spiro atoms. The Hall–Kier alpha value is -1.57. The van der Waals surface area contributed by atoms with E-state index in [1.807, 2.05) is 38.2 Å². The van der Waals surface area contributed by atoms with Crippen molar-refractivity contribution in [2.75, 3.05) is 11.9 Å². The maximum atomic E-state index is 12.5. The molecular weight excluding hydrogens is 234 g/mol. The lowest BCUT2D eigenvalue weighted by Crippen LogP contribution is -2.30. The number of rotatable bonds is 2. The van der Waals surface area contributed by atoms with Gasteiger partial charge >= 0.3 is 0 Å². The average Bonchev–Trinajstić information content (AvgIpc) is 2.38. The zero-order valence-electron chi connectivity index (χ0n) is 12.4. The number of nitrogens with zero attached hydrogens (tertiary/aromatic N) is 1. The van der Waals surface area contributed by atoms with Crippen LogP contribution in [0.2, 0.25) is 0 Å². The molecule has 1 aromatic carbocycles. The highest BCUT2D eigenvalue weighted by molar-refractivity contribution is 6.05. The van der Waals surface area contributed by atoms with Crippen LogP contribution in [0.25, 0.3) is 0 Å². The van der Waals surface area contributed by atoms with Crippen molar-refractivity contribution >= 4 is 11.6 Å². The van der Waals surface area contributed by atoms with Gasteiger partial charge in [-0.05, 0) is 43.2 Å². The van der Waals surface area contributed by atoms with Crippen molar-refractivity contribution in [1.29, 1.82) is 0 Å². The molecule has 0 N–H and O–H groups in total. The molecule has 0 bridgehead atoms. The molecule has 0 heterocycles. The van der Waals surface area contributed by atoms with E-state index in [9.17, 15) is 4.79 Å². The van der Waals surface area contributed by atoms with E-state index in [0.29, 0.717) is 5.41 Å². The summed E-state index contributed by atoms with van der Waals surface area (Å²) in [4.78, 5) is 14.3. The van der Waals surface area contributed by atoms with Crippen LogP contribution in [0.1, 0.15) is 38.7 Å². The summed E-state index contributed by atoms with van der Waals surface area (Å²) in [6.45, 7) is 6.56. The van der Waals surface area contributed by atoms with E-state index in [0.717, 1.165) is 36.1 Å². The molecule has 2 nitrogen and oxygen atoms in total. The van der Waals surface area contributed by atoms with Crippen molar-refractivity contribution in [3.63, 3.8) is 0 Å². The summed E-state index contributed by atoms with van der Waals surface area (Å²) in [6.07, 6.45) is 5.10. The first-order chi connectivity index (χ1) is 8.91. The minimum atomic E-state index is 0.143. The Morgan fingerprint density at radius 2 is 1.95 bits per heavy atom. The number of hydrogen-bond donors (Lipinski definition) is 0. The van der Waals surface area contributed by atoms with E-state index in [1.165, 1.54) is 0 Å². The minimum Gasteiger partial charge on any atom is -0.311 e. The Labute approximate surface area is 116 Å². The summed E-state index contributed by atoms with van der Waals surface area (Å²) in [7, 11) is 1.87. The number of amides is 1. The van der Waals surface area contributed by atoms with Crippen LogP contribution in [0, 0.1) is 12.3 Å². The fourth-order valence-corrected chi connectivity index (χ4v) is 2.54. The van der Waals surface area contributed by atoms with E-state index >= 15 is 0 Å². The van der Waals surface area contributed by atoms with Crippen LogP contribution in [0.4, 0.5) is 5.69 Å². The molecule has 1 aliphatic rings. The number of anilines is 1. The van der Waals surface area contributed by atoms with E-state index in [4.69, 9.17) is 0 Å². The predicted molar refractivity (Wildman–Crippen MR) is 80.3 cm³/mol. The maximum Gasteiger partial charge on any atom is 0.253 e. The van der Waals surface area contributed by atoms with Crippen molar-refractivity contribution in [2.24, 2.45) is 5.41 Å². The Bertz CT molecular complexity index is 514. The number of carbonyl (C=O) groups excluding carboxylic acids is 1. The maximum absolute atomic E-state index is 12.5. The monoisotopic (exact) mass is 257 g/mol. The molecule has 0 radical (unpaired) electrons. The van der Waals surface area contributed by atoms with E-state index in [1.54, 1.807) is 4.90 Å². The number of hydrogen-bond acceptors (Lipinski definition) is 1. The zero-order chi connectivity index (χ0) is 14.0. The molecule has 2 rings (SSSR count). The van der Waals surface area contributed by atoms with E-state index < -0.39 is 0 Å². The van der Waals surface area contributed by atoms with Gasteiger partial charge in [0.05, 0.1) is 0 Å². The lowest BCUT2D eigenvalue weighted by Gasteiger charge is -2.30. The van der Waals surface area contributed by atoms with E-state index in [-0.39, 0.29) is 5.91 Å². The number of aryl methyl sites for hydroxylation is 1. The second-order valence-electron chi connectivity index (χ2n) is 6.25. The molecule has 102 valence electrons. The summed E-state index contributed by atoms with van der Waals surface area (Å²) < 4.78 is 0. The van der Waals surface area contributed by atoms with Gasteiger partial charge in [0.1, 0.15) is 0 Å². The molecular formula is C17H23NO. The van der Waals surface area contributed by atoms with Crippen LogP contribution in [0.3, 0.4) is 0 Å². The van der Waals surface area contributed by atoms with Crippen molar-refractivity contribution in [1.82, 2.24) is 0 Å². The van der Waals surface area contributed by atoms with Crippen molar-refractivity contribution < 1.29 is 4.79 Å². The lowest BCUT2D eigenvalue weighted by molar-refractivity contribution is -0.115. The summed E-state index contributed by atoms with van der Waals surface area (Å²) in [5.41, 5.74) is 3.43. The normalized spacial score (nSPS) is 17.8. The molecule has 19 heavy (non-hydrogen) atoms. The number of para-hydroxylation sites is 1. The van der Waals surface area contributed by atoms with Gasteiger partial charge in [-0.1, -0.05) is 38.1 Å². The van der Waals surface area contributed by atoms with Gasteiger partial charge in [0, 0.05) is 18.3 Å². The standard InChI is InChI=1S/C17H23NO/c1-13-7-5-6-8-15(13)18(4)16(19)14-9-11-17(2,3)12-10-14/h5-9H,10-12H2,1-4H3. The van der Waals surface area contributed by atoms with Gasteiger partial charge in [-0.3, -0.25) is 4.79 Å². The SMILES string of the molecule is Cc1ccccc1N(C)C(=O)C1=CCC(C)(C)CC1. The molecule has 0 aromatic heterocycles. The Morgan fingerprint density at radius 3 is 2.53 bits per heavy atom. The first-order valence-electron chi connectivity index (χ1n) is 6.93. The van der Waals surface area contributed by atoms with Crippen LogP contribution in [-0.2, 0) is 4.79 Å². The first kappa shape index (κ1) is 13.9. The van der Waals surface area contributed by atoms with Crippen molar-refractivity contribution in [3.05, 3.63) is 41.5 Å².